The number of carbonyl (C=O) groups is 3. The number of hydrogen-bond donors (Lipinski definition) is 2. The average molecular weight is 403 g/mol. The molecule has 0 radical (unpaired) electrons. The molecule has 1 aromatic carbocycles. The third-order valence-electron chi connectivity index (χ3n) is 6.18. The van der Waals surface area contributed by atoms with Gasteiger partial charge in [0.05, 0.1) is 0 Å². The van der Waals surface area contributed by atoms with Crippen molar-refractivity contribution in [2.24, 2.45) is 5.92 Å². The molecular weight excluding hydrogens is 373 g/mol. The number of amides is 4. The topological polar surface area (TPSA) is 78.5 Å². The van der Waals surface area contributed by atoms with Crippen molar-refractivity contribution >= 4 is 17.8 Å². The van der Waals surface area contributed by atoms with Gasteiger partial charge < -0.3 is 10.6 Å². The van der Waals surface area contributed by atoms with E-state index in [9.17, 15) is 18.8 Å². The van der Waals surface area contributed by atoms with Crippen LogP contribution in [-0.2, 0) is 15.1 Å². The van der Waals surface area contributed by atoms with Gasteiger partial charge >= 0.3 is 6.03 Å². The van der Waals surface area contributed by atoms with Crippen molar-refractivity contribution in [3.63, 3.8) is 0 Å². The molecule has 1 saturated heterocycles. The molecule has 7 heteroatoms. The van der Waals surface area contributed by atoms with Crippen LogP contribution in [0.25, 0.3) is 0 Å². The summed E-state index contributed by atoms with van der Waals surface area (Å²) in [6.07, 6.45) is 6.18. The third kappa shape index (κ3) is 4.43. The van der Waals surface area contributed by atoms with Gasteiger partial charge in [0, 0.05) is 6.04 Å². The molecule has 29 heavy (non-hydrogen) atoms. The van der Waals surface area contributed by atoms with Crippen LogP contribution in [0.15, 0.2) is 24.3 Å². The molecule has 1 aliphatic heterocycles. The third-order valence-corrected chi connectivity index (χ3v) is 6.18. The molecule has 0 unspecified atom stereocenters. The van der Waals surface area contributed by atoms with Crippen molar-refractivity contribution in [2.75, 3.05) is 6.54 Å². The lowest BCUT2D eigenvalue weighted by molar-refractivity contribution is -0.135. The fraction of sp³-hybridized carbons (Fsp3) is 0.591. The second kappa shape index (κ2) is 8.93. The van der Waals surface area contributed by atoms with Crippen LogP contribution in [0.3, 0.4) is 0 Å². The summed E-state index contributed by atoms with van der Waals surface area (Å²) >= 11 is 0. The maximum absolute atomic E-state index is 13.4. The lowest BCUT2D eigenvalue weighted by Crippen LogP contribution is -2.48. The number of nitrogens with one attached hydrogen (secondary N) is 2. The van der Waals surface area contributed by atoms with Crippen LogP contribution in [-0.4, -0.2) is 35.3 Å². The Morgan fingerprint density at radius 1 is 1.24 bits per heavy atom. The molecule has 2 aliphatic rings. The average Bonchev–Trinajstić information content (AvgIpc) is 2.94. The van der Waals surface area contributed by atoms with Crippen molar-refractivity contribution in [3.8, 4) is 0 Å². The minimum Gasteiger partial charge on any atom is -0.352 e. The zero-order valence-electron chi connectivity index (χ0n) is 17.2. The molecule has 3 atom stereocenters. The SMILES string of the molecule is CCCC[C@]1(c2ccc(F)cc2)NC(=O)N(CC(=O)N[C@H]2CCCC[C@@H]2C)C1=O. The Labute approximate surface area is 171 Å². The molecule has 1 aliphatic carbocycles. The Bertz CT molecular complexity index is 767. The number of rotatable bonds is 7. The number of nitrogens with zero attached hydrogens (tertiary/aromatic N) is 1. The molecular formula is C22H30FN3O3. The molecule has 0 aromatic heterocycles. The van der Waals surface area contributed by atoms with E-state index in [1.165, 1.54) is 24.3 Å². The standard InChI is InChI=1S/C22H30FN3O3/c1-3-4-13-22(16-9-11-17(23)12-10-16)20(28)26(21(29)25-22)14-19(27)24-18-8-6-5-7-15(18)2/h9-12,15,18H,3-8,13-14H2,1-2H3,(H,24,27)(H,25,29)/t15-,18-,22+/m0/s1. The number of halogens is 1. The molecule has 2 fully saturated rings. The molecule has 1 heterocycles. The predicted molar refractivity (Wildman–Crippen MR) is 107 cm³/mol. The monoisotopic (exact) mass is 403 g/mol. The highest BCUT2D eigenvalue weighted by molar-refractivity contribution is 6.09. The highest BCUT2D eigenvalue weighted by Gasteiger charge is 2.52. The van der Waals surface area contributed by atoms with Gasteiger partial charge in [0.15, 0.2) is 0 Å². The first-order valence-corrected chi connectivity index (χ1v) is 10.6. The molecule has 1 aromatic rings. The van der Waals surface area contributed by atoms with Gasteiger partial charge in [-0.15, -0.1) is 0 Å². The molecule has 0 bridgehead atoms. The summed E-state index contributed by atoms with van der Waals surface area (Å²) in [5.74, 6) is -0.792. The highest BCUT2D eigenvalue weighted by Crippen LogP contribution is 2.34. The van der Waals surface area contributed by atoms with Crippen LogP contribution in [0.1, 0.15) is 64.4 Å². The normalized spacial score (nSPS) is 27.1. The van der Waals surface area contributed by atoms with Gasteiger partial charge in [0.2, 0.25) is 5.91 Å². The van der Waals surface area contributed by atoms with E-state index in [2.05, 4.69) is 17.6 Å². The molecule has 0 spiro atoms. The maximum atomic E-state index is 13.4. The largest absolute Gasteiger partial charge is 0.352 e. The van der Waals surface area contributed by atoms with E-state index < -0.39 is 23.3 Å². The first-order chi connectivity index (χ1) is 13.9. The van der Waals surface area contributed by atoms with Crippen LogP contribution < -0.4 is 10.6 Å². The summed E-state index contributed by atoms with van der Waals surface area (Å²) in [5.41, 5.74) is -0.714. The van der Waals surface area contributed by atoms with Crippen molar-refractivity contribution in [3.05, 3.63) is 35.6 Å². The number of unbranched alkanes of at least 4 members (excludes halogenated alkanes) is 1. The quantitative estimate of drug-likeness (QED) is 0.685. The lowest BCUT2D eigenvalue weighted by atomic mass is 9.84. The van der Waals surface area contributed by atoms with Gasteiger partial charge in [-0.1, -0.05) is 51.7 Å². The zero-order chi connectivity index (χ0) is 21.0. The van der Waals surface area contributed by atoms with E-state index in [1.807, 2.05) is 6.92 Å². The number of hydrogen-bond acceptors (Lipinski definition) is 3. The van der Waals surface area contributed by atoms with Gasteiger partial charge in [0.25, 0.3) is 5.91 Å². The molecule has 2 N–H and O–H groups in total. The number of benzene rings is 1. The van der Waals surface area contributed by atoms with Crippen molar-refractivity contribution in [2.45, 2.75) is 70.4 Å². The summed E-state index contributed by atoms with van der Waals surface area (Å²) < 4.78 is 13.4. The Balaban J connectivity index is 1.76. The molecule has 3 rings (SSSR count). The van der Waals surface area contributed by atoms with Crippen molar-refractivity contribution in [1.29, 1.82) is 0 Å². The Morgan fingerprint density at radius 3 is 2.59 bits per heavy atom. The van der Waals surface area contributed by atoms with Gasteiger partial charge in [0.1, 0.15) is 17.9 Å². The van der Waals surface area contributed by atoms with E-state index in [0.717, 1.165) is 37.0 Å². The number of carbonyl (C=O) groups excluding carboxylic acids is 3. The van der Waals surface area contributed by atoms with Crippen LogP contribution in [0.5, 0.6) is 0 Å². The maximum Gasteiger partial charge on any atom is 0.325 e. The second-order valence-corrected chi connectivity index (χ2v) is 8.27. The molecule has 4 amide bonds. The summed E-state index contributed by atoms with van der Waals surface area (Å²) in [5, 5.41) is 5.78. The minimum absolute atomic E-state index is 0.0824. The Morgan fingerprint density at radius 2 is 1.93 bits per heavy atom. The van der Waals surface area contributed by atoms with E-state index in [4.69, 9.17) is 0 Å². The van der Waals surface area contributed by atoms with Gasteiger partial charge in [-0.05, 0) is 42.9 Å². The minimum atomic E-state index is -1.25. The lowest BCUT2D eigenvalue weighted by Gasteiger charge is -2.30. The second-order valence-electron chi connectivity index (χ2n) is 8.27. The first kappa shape index (κ1) is 21.3. The van der Waals surface area contributed by atoms with E-state index in [-0.39, 0.29) is 18.5 Å². The van der Waals surface area contributed by atoms with E-state index >= 15 is 0 Å². The zero-order valence-corrected chi connectivity index (χ0v) is 17.2. The van der Waals surface area contributed by atoms with Crippen LogP contribution in [0.4, 0.5) is 9.18 Å². The van der Waals surface area contributed by atoms with Crippen molar-refractivity contribution < 1.29 is 18.8 Å². The number of urea groups is 1. The van der Waals surface area contributed by atoms with Crippen LogP contribution in [0.2, 0.25) is 0 Å². The van der Waals surface area contributed by atoms with Crippen molar-refractivity contribution in [1.82, 2.24) is 15.5 Å². The highest BCUT2D eigenvalue weighted by atomic mass is 19.1. The fourth-order valence-electron chi connectivity index (χ4n) is 4.38. The van der Waals surface area contributed by atoms with E-state index in [1.54, 1.807) is 0 Å². The summed E-state index contributed by atoms with van der Waals surface area (Å²) in [4.78, 5) is 39.5. The summed E-state index contributed by atoms with van der Waals surface area (Å²) in [7, 11) is 0. The Hall–Kier alpha value is -2.44. The number of imide groups is 1. The Kier molecular flexibility index (Phi) is 6.55. The molecule has 6 nitrogen and oxygen atoms in total. The van der Waals surface area contributed by atoms with Crippen LogP contribution >= 0.6 is 0 Å². The van der Waals surface area contributed by atoms with E-state index in [0.29, 0.717) is 24.3 Å². The predicted octanol–water partition coefficient (Wildman–Crippen LogP) is 3.46. The fourth-order valence-corrected chi connectivity index (χ4v) is 4.38. The van der Waals surface area contributed by atoms with Crippen LogP contribution in [0, 0.1) is 11.7 Å². The van der Waals surface area contributed by atoms with Gasteiger partial charge in [-0.25, -0.2) is 9.18 Å². The summed E-state index contributed by atoms with van der Waals surface area (Å²) in [6.45, 7) is 3.81. The molecule has 1 saturated carbocycles. The molecule has 158 valence electrons. The summed E-state index contributed by atoms with van der Waals surface area (Å²) in [6, 6.07) is 5.11. The van der Waals surface area contributed by atoms with Gasteiger partial charge in [-0.3, -0.25) is 14.5 Å². The smallest absolute Gasteiger partial charge is 0.325 e. The first-order valence-electron chi connectivity index (χ1n) is 10.6. The van der Waals surface area contributed by atoms with Gasteiger partial charge in [-0.2, -0.15) is 0 Å².